The predicted molar refractivity (Wildman–Crippen MR) is 139 cm³/mol. The van der Waals surface area contributed by atoms with Crippen LogP contribution in [0.25, 0.3) is 10.9 Å². The van der Waals surface area contributed by atoms with E-state index in [1.807, 2.05) is 6.08 Å². The van der Waals surface area contributed by atoms with Crippen molar-refractivity contribution in [2.75, 3.05) is 26.2 Å². The Kier molecular flexibility index (Phi) is 7.66. The zero-order valence-electron chi connectivity index (χ0n) is 21.2. The van der Waals surface area contributed by atoms with Gasteiger partial charge in [0.25, 0.3) is 0 Å². The summed E-state index contributed by atoms with van der Waals surface area (Å²) in [6.07, 6.45) is 4.99. The van der Waals surface area contributed by atoms with E-state index in [1.54, 1.807) is 32.9 Å². The van der Waals surface area contributed by atoms with Crippen LogP contribution in [-0.4, -0.2) is 51.5 Å². The average molecular weight is 504 g/mol. The minimum absolute atomic E-state index is 0.0242. The highest BCUT2D eigenvalue weighted by Crippen LogP contribution is 2.36. The standard InChI is InChI=1S/C27H30FN7O2/c1-5-7-21(34-10-8-31-9-11-34)24(30)25-19(14-29)27(33-15-32-25)37-22-13-20(28)26-18(17(22)4)12-16(3)35(26)23(36)6-2/h5,7,12-13,15,24,31H,1,6,8-11,30H2,2-4H3/b21-7+. The smallest absolute Gasteiger partial charge is 0.240 e. The Balaban J connectivity index is 1.76. The van der Waals surface area contributed by atoms with Gasteiger partial charge in [-0.1, -0.05) is 19.6 Å². The first kappa shape index (κ1) is 26.0. The summed E-state index contributed by atoms with van der Waals surface area (Å²) in [5.74, 6) is -0.646. The van der Waals surface area contributed by atoms with Crippen LogP contribution in [0.4, 0.5) is 4.39 Å². The number of hydrogen-bond acceptors (Lipinski definition) is 8. The second kappa shape index (κ2) is 10.9. The van der Waals surface area contributed by atoms with Crippen LogP contribution >= 0.6 is 0 Å². The van der Waals surface area contributed by atoms with E-state index in [-0.39, 0.29) is 35.0 Å². The van der Waals surface area contributed by atoms with Crippen molar-refractivity contribution < 1.29 is 13.9 Å². The number of nitrogens with two attached hydrogens (primary N) is 1. The number of hydrogen-bond donors (Lipinski definition) is 2. The third kappa shape index (κ3) is 4.83. The largest absolute Gasteiger partial charge is 0.437 e. The molecule has 192 valence electrons. The third-order valence-electron chi connectivity index (χ3n) is 6.54. The normalized spacial score (nSPS) is 14.9. The van der Waals surface area contributed by atoms with Crippen molar-refractivity contribution in [3.8, 4) is 17.7 Å². The van der Waals surface area contributed by atoms with E-state index in [1.165, 1.54) is 17.0 Å². The number of halogens is 1. The summed E-state index contributed by atoms with van der Waals surface area (Å²) in [5, 5.41) is 13.9. The van der Waals surface area contributed by atoms with Gasteiger partial charge >= 0.3 is 0 Å². The summed E-state index contributed by atoms with van der Waals surface area (Å²) in [6, 6.07) is 4.35. The molecule has 1 atom stereocenters. The van der Waals surface area contributed by atoms with Gasteiger partial charge in [-0.25, -0.2) is 14.4 Å². The molecule has 1 aliphatic heterocycles. The summed E-state index contributed by atoms with van der Waals surface area (Å²) < 4.78 is 22.7. The van der Waals surface area contributed by atoms with Crippen molar-refractivity contribution in [1.82, 2.24) is 24.8 Å². The minimum Gasteiger partial charge on any atom is -0.437 e. The molecule has 37 heavy (non-hydrogen) atoms. The summed E-state index contributed by atoms with van der Waals surface area (Å²) in [7, 11) is 0. The van der Waals surface area contributed by atoms with Gasteiger partial charge in [-0.3, -0.25) is 9.36 Å². The molecule has 1 aliphatic rings. The van der Waals surface area contributed by atoms with Crippen LogP contribution in [0.1, 0.15) is 46.7 Å². The Morgan fingerprint density at radius 3 is 2.73 bits per heavy atom. The number of benzene rings is 1. The second-order valence-electron chi connectivity index (χ2n) is 8.81. The highest BCUT2D eigenvalue weighted by molar-refractivity contribution is 5.96. The Labute approximate surface area is 215 Å². The van der Waals surface area contributed by atoms with Gasteiger partial charge in [-0.05, 0) is 26.0 Å². The molecule has 0 radical (unpaired) electrons. The zero-order chi connectivity index (χ0) is 26.7. The lowest BCUT2D eigenvalue weighted by atomic mass is 10.0. The second-order valence-corrected chi connectivity index (χ2v) is 8.81. The predicted octanol–water partition coefficient (Wildman–Crippen LogP) is 3.88. The van der Waals surface area contributed by atoms with E-state index in [2.05, 4.69) is 32.8 Å². The monoisotopic (exact) mass is 503 g/mol. The van der Waals surface area contributed by atoms with E-state index in [0.717, 1.165) is 31.9 Å². The maximum atomic E-state index is 15.3. The quantitative estimate of drug-likeness (QED) is 0.466. The molecule has 3 heterocycles. The summed E-state index contributed by atoms with van der Waals surface area (Å²) >= 11 is 0. The summed E-state index contributed by atoms with van der Waals surface area (Å²) in [4.78, 5) is 23.0. The van der Waals surface area contributed by atoms with Gasteiger partial charge in [0.05, 0.1) is 17.3 Å². The SMILES string of the molecule is C=C/C=C(\C(N)c1ncnc(Oc2cc(F)c3c(cc(C)n3C(=O)CC)c2C)c1C#N)N1CCNCC1. The third-order valence-corrected chi connectivity index (χ3v) is 6.54. The number of nitriles is 1. The number of ether oxygens (including phenoxy) is 1. The molecular weight excluding hydrogens is 473 g/mol. The number of carbonyl (C=O) groups is 1. The van der Waals surface area contributed by atoms with Crippen LogP contribution < -0.4 is 15.8 Å². The van der Waals surface area contributed by atoms with Crippen molar-refractivity contribution >= 4 is 16.8 Å². The van der Waals surface area contributed by atoms with Crippen LogP contribution in [0.3, 0.4) is 0 Å². The molecule has 0 bridgehead atoms. The number of nitrogens with zero attached hydrogens (tertiary/aromatic N) is 5. The van der Waals surface area contributed by atoms with Crippen LogP contribution in [-0.2, 0) is 0 Å². The number of piperazine rings is 1. The first-order valence-electron chi connectivity index (χ1n) is 12.1. The number of rotatable bonds is 7. The van der Waals surface area contributed by atoms with Gasteiger partial charge in [-0.15, -0.1) is 0 Å². The minimum atomic E-state index is -0.729. The number of aryl methyl sites for hydroxylation is 2. The maximum Gasteiger partial charge on any atom is 0.240 e. The van der Waals surface area contributed by atoms with Crippen LogP contribution in [0.15, 0.2) is 42.9 Å². The molecule has 9 nitrogen and oxygen atoms in total. The van der Waals surface area contributed by atoms with E-state index in [0.29, 0.717) is 22.3 Å². The number of aromatic nitrogens is 3. The van der Waals surface area contributed by atoms with Crippen molar-refractivity contribution in [2.45, 2.75) is 33.2 Å². The first-order valence-corrected chi connectivity index (χ1v) is 12.1. The lowest BCUT2D eigenvalue weighted by Crippen LogP contribution is -2.44. The Morgan fingerprint density at radius 2 is 2.08 bits per heavy atom. The van der Waals surface area contributed by atoms with Gasteiger partial charge in [-0.2, -0.15) is 5.26 Å². The van der Waals surface area contributed by atoms with Crippen molar-refractivity contribution in [1.29, 1.82) is 5.26 Å². The fraction of sp³-hybridized carbons (Fsp3) is 0.333. The number of allylic oxidation sites excluding steroid dienone is 2. The van der Waals surface area contributed by atoms with E-state index in [4.69, 9.17) is 10.5 Å². The molecule has 1 unspecified atom stereocenters. The molecule has 3 aromatic rings. The van der Waals surface area contributed by atoms with Crippen LogP contribution in [0, 0.1) is 31.0 Å². The van der Waals surface area contributed by atoms with Crippen molar-refractivity contribution in [2.24, 2.45) is 5.73 Å². The fourth-order valence-corrected chi connectivity index (χ4v) is 4.66. The van der Waals surface area contributed by atoms with E-state index < -0.39 is 11.9 Å². The molecule has 0 amide bonds. The Morgan fingerprint density at radius 1 is 1.35 bits per heavy atom. The number of carbonyl (C=O) groups excluding carboxylic acids is 1. The molecule has 4 rings (SSSR count). The Bertz CT molecular complexity index is 1430. The number of nitrogens with one attached hydrogen (secondary N) is 1. The van der Waals surface area contributed by atoms with E-state index in [9.17, 15) is 10.1 Å². The molecule has 0 saturated carbocycles. The molecule has 10 heteroatoms. The van der Waals surface area contributed by atoms with Gasteiger partial charge in [0.15, 0.2) is 5.82 Å². The molecular formula is C27H30FN7O2. The molecule has 0 aliphatic carbocycles. The molecule has 0 spiro atoms. The average Bonchev–Trinajstić information content (AvgIpc) is 3.27. The fourth-order valence-electron chi connectivity index (χ4n) is 4.66. The van der Waals surface area contributed by atoms with E-state index >= 15 is 4.39 Å². The highest BCUT2D eigenvalue weighted by Gasteiger charge is 2.26. The Hall–Kier alpha value is -4.07. The highest BCUT2D eigenvalue weighted by atomic mass is 19.1. The van der Waals surface area contributed by atoms with Gasteiger partial charge in [0.1, 0.15) is 23.7 Å². The van der Waals surface area contributed by atoms with Gasteiger partial charge in [0, 0.05) is 61.0 Å². The lowest BCUT2D eigenvalue weighted by molar-refractivity contribution is 0.0911. The van der Waals surface area contributed by atoms with Crippen LogP contribution in [0.5, 0.6) is 11.6 Å². The molecule has 1 saturated heterocycles. The zero-order valence-corrected chi connectivity index (χ0v) is 21.2. The lowest BCUT2D eigenvalue weighted by Gasteiger charge is -2.34. The van der Waals surface area contributed by atoms with Gasteiger partial charge < -0.3 is 20.7 Å². The van der Waals surface area contributed by atoms with Gasteiger partial charge in [0.2, 0.25) is 11.8 Å². The molecule has 1 fully saturated rings. The molecule has 2 aromatic heterocycles. The molecule has 1 aromatic carbocycles. The van der Waals surface area contributed by atoms with Crippen molar-refractivity contribution in [3.63, 3.8) is 0 Å². The number of fused-ring (bicyclic) bond motifs is 1. The summed E-state index contributed by atoms with van der Waals surface area (Å²) in [6.45, 7) is 12.2. The van der Waals surface area contributed by atoms with Crippen LogP contribution in [0.2, 0.25) is 0 Å². The topological polar surface area (TPSA) is 122 Å². The van der Waals surface area contributed by atoms with Crippen molar-refractivity contribution in [3.05, 3.63) is 71.2 Å². The first-order chi connectivity index (χ1) is 17.8. The molecule has 3 N–H and O–H groups in total. The maximum absolute atomic E-state index is 15.3. The summed E-state index contributed by atoms with van der Waals surface area (Å²) in [5.41, 5.74) is 9.20.